The first-order valence-corrected chi connectivity index (χ1v) is 10.1. The monoisotopic (exact) mass is 418 g/mol. The maximum Gasteiger partial charge on any atom is 0.343 e. The Morgan fingerprint density at radius 1 is 1.03 bits per heavy atom. The van der Waals surface area contributed by atoms with Gasteiger partial charge in [0, 0.05) is 25.7 Å². The zero-order valence-electron chi connectivity index (χ0n) is 17.9. The molecule has 0 atom stereocenters. The molecule has 0 radical (unpaired) electrons. The van der Waals surface area contributed by atoms with Crippen molar-refractivity contribution in [3.8, 4) is 5.75 Å². The van der Waals surface area contributed by atoms with E-state index in [0.717, 1.165) is 5.56 Å². The van der Waals surface area contributed by atoms with E-state index in [1.807, 2.05) is 30.3 Å². The molecule has 3 aromatic carbocycles. The Hall–Kier alpha value is -3.51. The molecule has 0 N–H and O–H groups in total. The SMILES string of the molecule is [2H]C1(c2cc([N+](=O)[O-])ccc2OC(=O)c2ccccc2)CC(COCc2ccccc2)C1. The van der Waals surface area contributed by atoms with Crippen LogP contribution in [0, 0.1) is 16.0 Å². The highest BCUT2D eigenvalue weighted by atomic mass is 16.6. The minimum absolute atomic E-state index is 0.130. The van der Waals surface area contributed by atoms with Crippen molar-refractivity contribution in [3.05, 3.63) is 106 Å². The van der Waals surface area contributed by atoms with Gasteiger partial charge < -0.3 is 9.47 Å². The van der Waals surface area contributed by atoms with E-state index in [1.165, 1.54) is 18.2 Å². The molecule has 3 aromatic rings. The summed E-state index contributed by atoms with van der Waals surface area (Å²) in [6.45, 7) is 1.00. The van der Waals surface area contributed by atoms with Gasteiger partial charge in [0.2, 0.25) is 0 Å². The maximum atomic E-state index is 12.5. The molecule has 4 rings (SSSR count). The molecule has 1 saturated carbocycles. The van der Waals surface area contributed by atoms with Crippen LogP contribution in [0.25, 0.3) is 0 Å². The van der Waals surface area contributed by atoms with Crippen LogP contribution in [0.2, 0.25) is 0 Å². The van der Waals surface area contributed by atoms with Crippen LogP contribution in [-0.4, -0.2) is 17.5 Å². The first kappa shape index (κ1) is 19.5. The summed E-state index contributed by atoms with van der Waals surface area (Å²) in [6, 6.07) is 22.4. The van der Waals surface area contributed by atoms with Gasteiger partial charge >= 0.3 is 5.97 Å². The highest BCUT2D eigenvalue weighted by Gasteiger charge is 2.33. The number of non-ortho nitro benzene ring substituents is 1. The molecule has 0 bridgehead atoms. The molecule has 1 fully saturated rings. The fourth-order valence-electron chi connectivity index (χ4n) is 3.62. The van der Waals surface area contributed by atoms with E-state index in [9.17, 15) is 14.9 Å². The van der Waals surface area contributed by atoms with Crippen molar-refractivity contribution < 1.29 is 20.6 Å². The van der Waals surface area contributed by atoms with E-state index in [4.69, 9.17) is 10.8 Å². The number of hydrogen-bond acceptors (Lipinski definition) is 5. The van der Waals surface area contributed by atoms with Gasteiger partial charge in [-0.1, -0.05) is 48.5 Å². The van der Waals surface area contributed by atoms with Gasteiger partial charge in [0.1, 0.15) is 5.75 Å². The van der Waals surface area contributed by atoms with E-state index in [0.29, 0.717) is 37.2 Å². The molecule has 0 heterocycles. The second-order valence-corrected chi connectivity index (χ2v) is 7.57. The van der Waals surface area contributed by atoms with Gasteiger partial charge in [-0.3, -0.25) is 10.1 Å². The average molecular weight is 418 g/mol. The smallest absolute Gasteiger partial charge is 0.343 e. The molecule has 0 unspecified atom stereocenters. The van der Waals surface area contributed by atoms with E-state index < -0.39 is 16.8 Å². The molecule has 0 amide bonds. The predicted molar refractivity (Wildman–Crippen MR) is 116 cm³/mol. The molecule has 0 aromatic heterocycles. The lowest BCUT2D eigenvalue weighted by Crippen LogP contribution is -2.26. The van der Waals surface area contributed by atoms with Gasteiger partial charge in [-0.15, -0.1) is 0 Å². The first-order chi connectivity index (χ1) is 15.4. The molecule has 0 aliphatic heterocycles. The highest BCUT2D eigenvalue weighted by molar-refractivity contribution is 5.91. The molecule has 31 heavy (non-hydrogen) atoms. The lowest BCUT2D eigenvalue weighted by Gasteiger charge is -2.36. The summed E-state index contributed by atoms with van der Waals surface area (Å²) in [5.74, 6) is -1.29. The first-order valence-electron chi connectivity index (χ1n) is 10.6. The zero-order valence-corrected chi connectivity index (χ0v) is 16.9. The third-order valence-corrected chi connectivity index (χ3v) is 5.30. The Labute approximate surface area is 182 Å². The molecule has 158 valence electrons. The summed E-state index contributed by atoms with van der Waals surface area (Å²) < 4.78 is 20.2. The fourth-order valence-corrected chi connectivity index (χ4v) is 3.62. The third-order valence-electron chi connectivity index (χ3n) is 5.30. The summed E-state index contributed by atoms with van der Waals surface area (Å²) in [7, 11) is 0. The number of hydrogen-bond donors (Lipinski definition) is 0. The number of carbonyl (C=O) groups is 1. The van der Waals surface area contributed by atoms with Crippen LogP contribution in [0.15, 0.2) is 78.9 Å². The lowest BCUT2D eigenvalue weighted by atomic mass is 9.71. The Morgan fingerprint density at radius 3 is 2.39 bits per heavy atom. The lowest BCUT2D eigenvalue weighted by molar-refractivity contribution is -0.385. The number of benzene rings is 3. The number of nitro benzene ring substituents is 1. The third kappa shape index (κ3) is 5.16. The molecular formula is C25H23NO5. The van der Waals surface area contributed by atoms with Crippen LogP contribution in [-0.2, 0) is 11.3 Å². The van der Waals surface area contributed by atoms with Crippen molar-refractivity contribution in [1.82, 2.24) is 0 Å². The zero-order chi connectivity index (χ0) is 22.6. The number of nitrogens with zero attached hydrogens (tertiary/aromatic N) is 1. The van der Waals surface area contributed by atoms with Crippen LogP contribution in [0.5, 0.6) is 5.75 Å². The van der Waals surface area contributed by atoms with Crippen LogP contribution in [0.4, 0.5) is 5.69 Å². The van der Waals surface area contributed by atoms with Gasteiger partial charge in [-0.25, -0.2) is 4.79 Å². The minimum Gasteiger partial charge on any atom is -0.423 e. The molecule has 1 aliphatic rings. The van der Waals surface area contributed by atoms with Crippen molar-refractivity contribution in [1.29, 1.82) is 0 Å². The van der Waals surface area contributed by atoms with Gasteiger partial charge in [0.15, 0.2) is 0 Å². The minimum atomic E-state index is -1.07. The topological polar surface area (TPSA) is 78.7 Å². The number of carbonyl (C=O) groups excluding carboxylic acids is 1. The summed E-state index contributed by atoms with van der Waals surface area (Å²) >= 11 is 0. The van der Waals surface area contributed by atoms with Crippen molar-refractivity contribution >= 4 is 11.7 Å². The molecule has 6 heteroatoms. The van der Waals surface area contributed by atoms with Crippen molar-refractivity contribution in [2.75, 3.05) is 6.61 Å². The molecule has 0 saturated heterocycles. The van der Waals surface area contributed by atoms with Crippen molar-refractivity contribution in [2.45, 2.75) is 25.3 Å². The van der Waals surface area contributed by atoms with Gasteiger partial charge in [0.25, 0.3) is 5.69 Å². The van der Waals surface area contributed by atoms with Crippen LogP contribution < -0.4 is 4.74 Å². The summed E-state index contributed by atoms with van der Waals surface area (Å²) in [6.07, 6.45) is 0.942. The highest BCUT2D eigenvalue weighted by Crippen LogP contribution is 2.46. The van der Waals surface area contributed by atoms with E-state index >= 15 is 0 Å². The quantitative estimate of drug-likeness (QED) is 0.208. The summed E-state index contributed by atoms with van der Waals surface area (Å²) in [5.41, 5.74) is 1.68. The number of rotatable bonds is 8. The van der Waals surface area contributed by atoms with E-state index in [-0.39, 0.29) is 17.4 Å². The Morgan fingerprint density at radius 2 is 1.71 bits per heavy atom. The Balaban J connectivity index is 1.46. The standard InChI is InChI=1S/C25H23NO5/c27-25(20-9-5-2-6-10-20)31-24-12-11-22(26(28)29)15-23(24)21-13-19(14-21)17-30-16-18-7-3-1-4-8-18/h1-12,15,19,21H,13-14,16-17H2/i21D. The van der Waals surface area contributed by atoms with Crippen LogP contribution in [0.3, 0.4) is 0 Å². The summed E-state index contributed by atoms with van der Waals surface area (Å²) in [4.78, 5) is 23.3. The normalized spacial score (nSPS) is 20.4. The second-order valence-electron chi connectivity index (χ2n) is 7.57. The van der Waals surface area contributed by atoms with E-state index in [2.05, 4.69) is 0 Å². The molecule has 1 aliphatic carbocycles. The average Bonchev–Trinajstić information content (AvgIpc) is 2.79. The largest absolute Gasteiger partial charge is 0.423 e. The second kappa shape index (κ2) is 9.53. The Bertz CT molecular complexity index is 1100. The summed E-state index contributed by atoms with van der Waals surface area (Å²) in [5, 5.41) is 11.3. The molecule has 0 spiro atoms. The van der Waals surface area contributed by atoms with Crippen LogP contribution in [0.1, 0.15) is 41.6 Å². The van der Waals surface area contributed by atoms with Gasteiger partial charge in [-0.05, 0) is 48.4 Å². The van der Waals surface area contributed by atoms with Crippen LogP contribution >= 0.6 is 0 Å². The number of ether oxygens (including phenoxy) is 2. The number of nitro groups is 1. The predicted octanol–water partition coefficient (Wildman–Crippen LogP) is 5.52. The fraction of sp³-hybridized carbons (Fsp3) is 0.240. The van der Waals surface area contributed by atoms with Gasteiger partial charge in [-0.2, -0.15) is 0 Å². The number of esters is 1. The molecular weight excluding hydrogens is 394 g/mol. The Kier molecular flexibility index (Phi) is 5.98. The van der Waals surface area contributed by atoms with E-state index in [1.54, 1.807) is 30.3 Å². The van der Waals surface area contributed by atoms with Crippen molar-refractivity contribution in [3.63, 3.8) is 0 Å². The van der Waals surface area contributed by atoms with Gasteiger partial charge in [0.05, 0.1) is 17.1 Å². The van der Waals surface area contributed by atoms with Crippen molar-refractivity contribution in [2.24, 2.45) is 5.92 Å². The molecule has 6 nitrogen and oxygen atoms in total. The maximum absolute atomic E-state index is 12.5.